The number of benzene rings is 3. The van der Waals surface area contributed by atoms with Crippen molar-refractivity contribution in [2.75, 3.05) is 11.9 Å². The maximum absolute atomic E-state index is 13.3. The minimum atomic E-state index is -0.482. The molecule has 0 saturated carbocycles. The number of amides is 1. The second-order valence-electron chi connectivity index (χ2n) is 7.22. The largest absolute Gasteiger partial charge is 0.484 e. The molecule has 5 rings (SSSR count). The molecule has 0 saturated heterocycles. The molecule has 0 aliphatic rings. The van der Waals surface area contributed by atoms with Gasteiger partial charge in [0.2, 0.25) is 5.78 Å². The average Bonchev–Trinajstić information content (AvgIpc) is 3.52. The van der Waals surface area contributed by atoms with Crippen LogP contribution in [0.2, 0.25) is 0 Å². The zero-order valence-electron chi connectivity index (χ0n) is 17.5. The summed E-state index contributed by atoms with van der Waals surface area (Å²) in [5.74, 6) is -1.01. The van der Waals surface area contributed by atoms with Gasteiger partial charge in [-0.3, -0.25) is 9.59 Å². The highest BCUT2D eigenvalue weighted by molar-refractivity contribution is 6.17. The number of ether oxygens (including phenoxy) is 1. The minimum Gasteiger partial charge on any atom is -0.484 e. The standard InChI is InChI=1S/C24H16FN5O4/c25-16-7-5-15(6-8-16)23(32)24-22(19-3-1-2-4-20(19)34-24)27-21(31)13-33-18-11-9-17(10-12-18)30-14-26-28-29-30/h1-12,14H,13H2,(H,27,31). The van der Waals surface area contributed by atoms with E-state index in [2.05, 4.69) is 20.8 Å². The summed E-state index contributed by atoms with van der Waals surface area (Å²) in [7, 11) is 0. The van der Waals surface area contributed by atoms with Gasteiger partial charge in [0.25, 0.3) is 5.91 Å². The Balaban J connectivity index is 1.33. The number of furan rings is 1. The maximum Gasteiger partial charge on any atom is 0.262 e. The van der Waals surface area contributed by atoms with E-state index in [1.807, 2.05) is 0 Å². The van der Waals surface area contributed by atoms with E-state index in [-0.39, 0.29) is 23.6 Å². The van der Waals surface area contributed by atoms with E-state index in [1.165, 1.54) is 35.3 Å². The van der Waals surface area contributed by atoms with Crippen LogP contribution in [-0.4, -0.2) is 38.5 Å². The van der Waals surface area contributed by atoms with Crippen LogP contribution in [0.3, 0.4) is 0 Å². The van der Waals surface area contributed by atoms with Gasteiger partial charge in [-0.1, -0.05) is 12.1 Å². The average molecular weight is 457 g/mol. The SMILES string of the molecule is O=C(COc1ccc(-n2cnnn2)cc1)Nc1c(C(=O)c2ccc(F)cc2)oc2ccccc12. The molecule has 0 spiro atoms. The monoisotopic (exact) mass is 457 g/mol. The van der Waals surface area contributed by atoms with E-state index < -0.39 is 17.5 Å². The molecule has 34 heavy (non-hydrogen) atoms. The Bertz CT molecular complexity index is 1460. The van der Waals surface area contributed by atoms with Crippen LogP contribution in [0.4, 0.5) is 10.1 Å². The quantitative estimate of drug-likeness (QED) is 0.370. The number of rotatable bonds is 7. The highest BCUT2D eigenvalue weighted by atomic mass is 19.1. The third-order valence-corrected chi connectivity index (χ3v) is 4.99. The lowest BCUT2D eigenvalue weighted by Gasteiger charge is -2.09. The molecular formula is C24H16FN5O4. The molecule has 5 aromatic rings. The number of nitrogens with one attached hydrogen (secondary N) is 1. The normalized spacial score (nSPS) is 10.9. The van der Waals surface area contributed by atoms with Gasteiger partial charge >= 0.3 is 0 Å². The van der Waals surface area contributed by atoms with Crippen molar-refractivity contribution in [1.29, 1.82) is 0 Å². The molecule has 10 heteroatoms. The van der Waals surface area contributed by atoms with E-state index in [0.29, 0.717) is 16.7 Å². The first kappa shape index (κ1) is 21.0. The van der Waals surface area contributed by atoms with Crippen molar-refractivity contribution in [3.63, 3.8) is 0 Å². The Labute approximate surface area is 191 Å². The molecule has 1 amide bonds. The van der Waals surface area contributed by atoms with Crippen molar-refractivity contribution in [3.8, 4) is 11.4 Å². The summed E-state index contributed by atoms with van der Waals surface area (Å²) < 4.78 is 26.1. The van der Waals surface area contributed by atoms with E-state index in [4.69, 9.17) is 9.15 Å². The lowest BCUT2D eigenvalue weighted by Crippen LogP contribution is -2.21. The van der Waals surface area contributed by atoms with E-state index in [9.17, 15) is 14.0 Å². The molecule has 0 unspecified atom stereocenters. The van der Waals surface area contributed by atoms with Crippen LogP contribution in [0.15, 0.2) is 83.5 Å². The topological polar surface area (TPSA) is 112 Å². The first-order valence-electron chi connectivity index (χ1n) is 10.2. The fourth-order valence-corrected chi connectivity index (χ4v) is 3.36. The Morgan fingerprint density at radius 1 is 1.00 bits per heavy atom. The predicted molar refractivity (Wildman–Crippen MR) is 119 cm³/mol. The summed E-state index contributed by atoms with van der Waals surface area (Å²) in [6.45, 7) is -0.298. The summed E-state index contributed by atoms with van der Waals surface area (Å²) in [5.41, 5.74) is 1.63. The van der Waals surface area contributed by atoms with Crippen LogP contribution >= 0.6 is 0 Å². The molecule has 168 valence electrons. The molecule has 0 bridgehead atoms. The Morgan fingerprint density at radius 2 is 1.76 bits per heavy atom. The second kappa shape index (κ2) is 8.94. The van der Waals surface area contributed by atoms with Crippen molar-refractivity contribution < 1.29 is 23.1 Å². The first-order valence-corrected chi connectivity index (χ1v) is 10.2. The van der Waals surface area contributed by atoms with Crippen LogP contribution in [0.1, 0.15) is 16.1 Å². The lowest BCUT2D eigenvalue weighted by atomic mass is 10.1. The van der Waals surface area contributed by atoms with E-state index >= 15 is 0 Å². The highest BCUT2D eigenvalue weighted by Crippen LogP contribution is 2.32. The van der Waals surface area contributed by atoms with Gasteiger partial charge in [0.1, 0.15) is 23.5 Å². The van der Waals surface area contributed by atoms with Crippen LogP contribution in [-0.2, 0) is 4.79 Å². The summed E-state index contributed by atoms with van der Waals surface area (Å²) in [6, 6.07) is 18.9. The van der Waals surface area contributed by atoms with Crippen molar-refractivity contribution in [2.45, 2.75) is 0 Å². The number of hydrogen-bond acceptors (Lipinski definition) is 7. The molecule has 0 aliphatic heterocycles. The number of aromatic nitrogens is 4. The van der Waals surface area contributed by atoms with Gasteiger partial charge in [0.05, 0.1) is 11.4 Å². The van der Waals surface area contributed by atoms with Crippen LogP contribution < -0.4 is 10.1 Å². The van der Waals surface area contributed by atoms with Gasteiger partial charge in [-0.05, 0) is 71.1 Å². The molecule has 2 heterocycles. The van der Waals surface area contributed by atoms with E-state index in [1.54, 1.807) is 48.5 Å². The van der Waals surface area contributed by atoms with Crippen LogP contribution in [0, 0.1) is 5.82 Å². The third-order valence-electron chi connectivity index (χ3n) is 4.99. The first-order chi connectivity index (χ1) is 16.6. The number of anilines is 1. The lowest BCUT2D eigenvalue weighted by molar-refractivity contribution is -0.118. The van der Waals surface area contributed by atoms with E-state index in [0.717, 1.165) is 5.69 Å². The third kappa shape index (κ3) is 4.24. The summed E-state index contributed by atoms with van der Waals surface area (Å²) >= 11 is 0. The smallest absolute Gasteiger partial charge is 0.262 e. The van der Waals surface area contributed by atoms with Crippen molar-refractivity contribution in [2.24, 2.45) is 0 Å². The molecule has 0 aliphatic carbocycles. The number of carbonyl (C=O) groups is 2. The maximum atomic E-state index is 13.3. The van der Waals surface area contributed by atoms with Gasteiger partial charge in [-0.15, -0.1) is 5.10 Å². The summed E-state index contributed by atoms with van der Waals surface area (Å²) in [6.07, 6.45) is 1.46. The molecule has 0 radical (unpaired) electrons. The number of tetrazole rings is 1. The zero-order valence-corrected chi connectivity index (χ0v) is 17.5. The molecular weight excluding hydrogens is 441 g/mol. The van der Waals surface area contributed by atoms with Crippen LogP contribution in [0.5, 0.6) is 5.75 Å². The molecule has 9 nitrogen and oxygen atoms in total. The fraction of sp³-hybridized carbons (Fsp3) is 0.0417. The van der Waals surface area contributed by atoms with Gasteiger partial charge in [0, 0.05) is 10.9 Å². The summed E-state index contributed by atoms with van der Waals surface area (Å²) in [4.78, 5) is 25.7. The molecule has 3 aromatic carbocycles. The van der Waals surface area contributed by atoms with Crippen molar-refractivity contribution in [3.05, 3.63) is 96.3 Å². The Kier molecular flexibility index (Phi) is 5.53. The van der Waals surface area contributed by atoms with Gasteiger partial charge in [-0.25, -0.2) is 9.07 Å². The summed E-state index contributed by atoms with van der Waals surface area (Å²) in [5, 5.41) is 14.2. The highest BCUT2D eigenvalue weighted by Gasteiger charge is 2.23. The number of fused-ring (bicyclic) bond motifs is 1. The zero-order chi connectivity index (χ0) is 23.5. The Morgan fingerprint density at radius 3 is 2.50 bits per heavy atom. The van der Waals surface area contributed by atoms with Gasteiger partial charge < -0.3 is 14.5 Å². The number of halogens is 1. The van der Waals surface area contributed by atoms with Gasteiger partial charge in [0.15, 0.2) is 12.4 Å². The van der Waals surface area contributed by atoms with Crippen molar-refractivity contribution in [1.82, 2.24) is 20.2 Å². The minimum absolute atomic E-state index is 0.0491. The second-order valence-corrected chi connectivity index (χ2v) is 7.22. The molecule has 1 N–H and O–H groups in total. The van der Waals surface area contributed by atoms with Crippen LogP contribution in [0.25, 0.3) is 16.7 Å². The number of hydrogen-bond donors (Lipinski definition) is 1. The van der Waals surface area contributed by atoms with Gasteiger partial charge in [-0.2, -0.15) is 0 Å². The Hall–Kier alpha value is -4.86. The number of para-hydroxylation sites is 1. The number of nitrogens with zero attached hydrogens (tertiary/aromatic N) is 4. The number of carbonyl (C=O) groups excluding carboxylic acids is 2. The van der Waals surface area contributed by atoms with Crippen molar-refractivity contribution >= 4 is 28.3 Å². The number of ketones is 1. The molecule has 0 atom stereocenters. The molecule has 0 fully saturated rings. The molecule has 2 aromatic heterocycles. The predicted octanol–water partition coefficient (Wildman–Crippen LogP) is 3.80. The fourth-order valence-electron chi connectivity index (χ4n) is 3.36.